The number of nitrogens with one attached hydrogen (secondary N) is 2. The number of nitrogens with zero attached hydrogens (tertiary/aromatic N) is 3. The summed E-state index contributed by atoms with van der Waals surface area (Å²) in [5.41, 5.74) is -0.441. The van der Waals surface area contributed by atoms with Crippen molar-refractivity contribution in [1.82, 2.24) is 25.3 Å². The second kappa shape index (κ2) is 7.23. The first kappa shape index (κ1) is 17.4. The van der Waals surface area contributed by atoms with E-state index in [1.54, 1.807) is 6.20 Å². The van der Waals surface area contributed by atoms with Gasteiger partial charge in [-0.05, 0) is 58.9 Å². The Kier molecular flexibility index (Phi) is 5.25. The third-order valence-corrected chi connectivity index (χ3v) is 6.11. The van der Waals surface area contributed by atoms with Crippen LogP contribution in [-0.2, 0) is 10.3 Å². The average Bonchev–Trinajstić information content (AvgIpc) is 3.16. The van der Waals surface area contributed by atoms with E-state index in [1.165, 1.54) is 19.3 Å². The minimum atomic E-state index is -0.545. The molecule has 2 fully saturated rings. The van der Waals surface area contributed by atoms with E-state index >= 15 is 0 Å². The molecule has 0 atom stereocenters. The van der Waals surface area contributed by atoms with Crippen LogP contribution in [0, 0.1) is 0 Å². The Morgan fingerprint density at radius 2 is 1.92 bits per heavy atom. The second-order valence-corrected chi connectivity index (χ2v) is 7.59. The molecule has 2 N–H and O–H groups in total. The Labute approximate surface area is 145 Å². The lowest BCUT2D eigenvalue weighted by atomic mass is 9.80. The van der Waals surface area contributed by atoms with Gasteiger partial charge in [0.2, 0.25) is 5.91 Å². The third-order valence-electron chi connectivity index (χ3n) is 6.11. The Bertz CT molecular complexity index is 528. The van der Waals surface area contributed by atoms with Gasteiger partial charge in [0.1, 0.15) is 5.54 Å². The Balaban J connectivity index is 1.74. The van der Waals surface area contributed by atoms with E-state index < -0.39 is 5.54 Å². The van der Waals surface area contributed by atoms with E-state index in [4.69, 9.17) is 0 Å². The third kappa shape index (κ3) is 3.22. The van der Waals surface area contributed by atoms with Crippen LogP contribution in [-0.4, -0.2) is 59.9 Å². The number of rotatable bonds is 5. The summed E-state index contributed by atoms with van der Waals surface area (Å²) in [4.78, 5) is 15.5. The molecule has 2 aliphatic rings. The molecule has 1 saturated carbocycles. The average molecular weight is 333 g/mol. The zero-order valence-corrected chi connectivity index (χ0v) is 15.1. The summed E-state index contributed by atoms with van der Waals surface area (Å²) in [6.45, 7) is 2.44. The first-order valence-electron chi connectivity index (χ1n) is 9.26. The highest BCUT2D eigenvalue weighted by Gasteiger charge is 2.43. The van der Waals surface area contributed by atoms with Gasteiger partial charge < -0.3 is 15.5 Å². The molecule has 1 aromatic rings. The molecule has 0 radical (unpaired) electrons. The van der Waals surface area contributed by atoms with Crippen LogP contribution in [0.15, 0.2) is 18.5 Å². The first-order chi connectivity index (χ1) is 11.6. The molecule has 24 heavy (non-hydrogen) atoms. The quantitative estimate of drug-likeness (QED) is 0.854. The maximum atomic E-state index is 13.2. The Morgan fingerprint density at radius 3 is 2.50 bits per heavy atom. The minimum absolute atomic E-state index is 0.103. The van der Waals surface area contributed by atoms with Crippen molar-refractivity contribution < 1.29 is 4.79 Å². The number of amides is 1. The molecule has 0 aromatic carbocycles. The maximum Gasteiger partial charge on any atom is 0.248 e. The standard InChI is InChI=1S/C18H31N5O/c1-22(2)17(7-4-3-5-8-17)15-20-16(24)18(9-12-19-13-10-18)23-14-6-11-21-23/h6,11,14,19H,3-5,7-10,12-13,15H2,1-2H3,(H,20,24). The summed E-state index contributed by atoms with van der Waals surface area (Å²) in [6.07, 6.45) is 11.4. The summed E-state index contributed by atoms with van der Waals surface area (Å²) < 4.78 is 1.87. The van der Waals surface area contributed by atoms with E-state index in [0.717, 1.165) is 45.3 Å². The predicted molar refractivity (Wildman–Crippen MR) is 94.8 cm³/mol. The smallest absolute Gasteiger partial charge is 0.248 e. The van der Waals surface area contributed by atoms with E-state index in [1.807, 2.05) is 16.9 Å². The van der Waals surface area contributed by atoms with Crippen LogP contribution in [0.1, 0.15) is 44.9 Å². The van der Waals surface area contributed by atoms with Crippen molar-refractivity contribution in [2.75, 3.05) is 33.7 Å². The SMILES string of the molecule is CN(C)C1(CNC(=O)C2(n3cccn3)CCNCC2)CCCCC1. The molecule has 1 aromatic heterocycles. The zero-order chi connectivity index (χ0) is 17.0. The lowest BCUT2D eigenvalue weighted by Gasteiger charge is -2.44. The van der Waals surface area contributed by atoms with Gasteiger partial charge in [0.25, 0.3) is 0 Å². The van der Waals surface area contributed by atoms with E-state index in [2.05, 4.69) is 34.7 Å². The highest BCUT2D eigenvalue weighted by atomic mass is 16.2. The van der Waals surface area contributed by atoms with Gasteiger partial charge in [-0.3, -0.25) is 9.48 Å². The molecule has 0 bridgehead atoms. The number of hydrogen-bond acceptors (Lipinski definition) is 4. The van der Waals surface area contributed by atoms with Gasteiger partial charge in [-0.15, -0.1) is 0 Å². The van der Waals surface area contributed by atoms with E-state index in [9.17, 15) is 4.79 Å². The number of hydrogen-bond donors (Lipinski definition) is 2. The van der Waals surface area contributed by atoms with Gasteiger partial charge in [-0.25, -0.2) is 0 Å². The van der Waals surface area contributed by atoms with Gasteiger partial charge in [-0.2, -0.15) is 5.10 Å². The van der Waals surface area contributed by atoms with Crippen LogP contribution in [0.3, 0.4) is 0 Å². The van der Waals surface area contributed by atoms with Crippen molar-refractivity contribution >= 4 is 5.91 Å². The lowest BCUT2D eigenvalue weighted by molar-refractivity contribution is -0.132. The molecule has 1 aliphatic heterocycles. The highest BCUT2D eigenvalue weighted by Crippen LogP contribution is 2.32. The van der Waals surface area contributed by atoms with Gasteiger partial charge in [0.05, 0.1) is 0 Å². The van der Waals surface area contributed by atoms with Crippen LogP contribution in [0.4, 0.5) is 0 Å². The van der Waals surface area contributed by atoms with Crippen LogP contribution < -0.4 is 10.6 Å². The topological polar surface area (TPSA) is 62.2 Å². The van der Waals surface area contributed by atoms with Gasteiger partial charge in [0.15, 0.2) is 0 Å². The Morgan fingerprint density at radius 1 is 1.21 bits per heavy atom. The number of carbonyl (C=O) groups is 1. The molecule has 0 spiro atoms. The summed E-state index contributed by atoms with van der Waals surface area (Å²) in [5, 5.41) is 11.1. The van der Waals surface area contributed by atoms with E-state index in [-0.39, 0.29) is 11.4 Å². The molecule has 3 rings (SSSR count). The normalized spacial score (nSPS) is 23.1. The zero-order valence-electron chi connectivity index (χ0n) is 15.1. The maximum absolute atomic E-state index is 13.2. The summed E-state index contributed by atoms with van der Waals surface area (Å²) in [5.74, 6) is 0.125. The molecular weight excluding hydrogens is 302 g/mol. The molecule has 1 aliphatic carbocycles. The Hall–Kier alpha value is -1.40. The molecule has 6 heteroatoms. The number of likely N-dealkylation sites (N-methyl/N-ethyl adjacent to an activating group) is 1. The van der Waals surface area contributed by atoms with Crippen molar-refractivity contribution in [1.29, 1.82) is 0 Å². The largest absolute Gasteiger partial charge is 0.352 e. The number of piperidine rings is 1. The fraction of sp³-hybridized carbons (Fsp3) is 0.778. The fourth-order valence-electron chi connectivity index (χ4n) is 4.32. The van der Waals surface area contributed by atoms with Gasteiger partial charge in [0, 0.05) is 24.5 Å². The second-order valence-electron chi connectivity index (χ2n) is 7.59. The van der Waals surface area contributed by atoms with Crippen molar-refractivity contribution in [3.05, 3.63) is 18.5 Å². The van der Waals surface area contributed by atoms with Crippen molar-refractivity contribution in [2.24, 2.45) is 0 Å². The molecular formula is C18H31N5O. The van der Waals surface area contributed by atoms with Crippen LogP contribution >= 0.6 is 0 Å². The predicted octanol–water partition coefficient (Wildman–Crippen LogP) is 1.34. The number of aromatic nitrogens is 2. The molecule has 6 nitrogen and oxygen atoms in total. The summed E-state index contributed by atoms with van der Waals surface area (Å²) in [6, 6.07) is 1.90. The molecule has 2 heterocycles. The highest BCUT2D eigenvalue weighted by molar-refractivity contribution is 5.84. The van der Waals surface area contributed by atoms with E-state index in [0.29, 0.717) is 0 Å². The molecule has 0 unspecified atom stereocenters. The molecule has 1 saturated heterocycles. The van der Waals surface area contributed by atoms with Crippen molar-refractivity contribution in [3.63, 3.8) is 0 Å². The van der Waals surface area contributed by atoms with Gasteiger partial charge >= 0.3 is 0 Å². The van der Waals surface area contributed by atoms with Gasteiger partial charge in [-0.1, -0.05) is 19.3 Å². The monoisotopic (exact) mass is 333 g/mol. The van der Waals surface area contributed by atoms with Crippen molar-refractivity contribution in [3.8, 4) is 0 Å². The van der Waals surface area contributed by atoms with Crippen LogP contribution in [0.25, 0.3) is 0 Å². The lowest BCUT2D eigenvalue weighted by Crippen LogP contribution is -2.59. The fourth-order valence-corrected chi connectivity index (χ4v) is 4.32. The number of carbonyl (C=O) groups excluding carboxylic acids is 1. The molecule has 134 valence electrons. The van der Waals surface area contributed by atoms with Crippen LogP contribution in [0.5, 0.6) is 0 Å². The molecule has 1 amide bonds. The van der Waals surface area contributed by atoms with Crippen molar-refractivity contribution in [2.45, 2.75) is 56.0 Å². The minimum Gasteiger partial charge on any atom is -0.352 e. The summed E-state index contributed by atoms with van der Waals surface area (Å²) >= 11 is 0. The summed E-state index contributed by atoms with van der Waals surface area (Å²) in [7, 11) is 4.29. The van der Waals surface area contributed by atoms with Crippen LogP contribution in [0.2, 0.25) is 0 Å². The first-order valence-corrected chi connectivity index (χ1v) is 9.26.